The summed E-state index contributed by atoms with van der Waals surface area (Å²) >= 11 is 0. The molecule has 0 fully saturated rings. The van der Waals surface area contributed by atoms with Gasteiger partial charge in [0.1, 0.15) is 5.82 Å². The average Bonchev–Trinajstić information content (AvgIpc) is 2.97. The van der Waals surface area contributed by atoms with Crippen molar-refractivity contribution in [2.75, 3.05) is 5.32 Å². The molecule has 0 aromatic heterocycles. The SMILES string of the molecule is NC(=O)[C@@H](CCC(F)(F)F)[C@@H](CCCC(F)(F)F)C(=O)N[C@H]1N=C(c2cccc(F)c2)c2ccccc2NC1=O. The van der Waals surface area contributed by atoms with E-state index in [2.05, 4.69) is 15.6 Å². The lowest BCUT2D eigenvalue weighted by Gasteiger charge is -2.26. The topological polar surface area (TPSA) is 114 Å². The van der Waals surface area contributed by atoms with Crippen LogP contribution >= 0.6 is 0 Å². The second-order valence-corrected chi connectivity index (χ2v) is 9.21. The molecule has 216 valence electrons. The van der Waals surface area contributed by atoms with Crippen LogP contribution in [0.1, 0.15) is 43.2 Å². The van der Waals surface area contributed by atoms with Crippen LogP contribution in [0.3, 0.4) is 0 Å². The van der Waals surface area contributed by atoms with Gasteiger partial charge in [0.15, 0.2) is 0 Å². The molecule has 4 N–H and O–H groups in total. The molecule has 2 aromatic carbocycles. The first-order valence-electron chi connectivity index (χ1n) is 12.1. The fourth-order valence-electron chi connectivity index (χ4n) is 4.36. The van der Waals surface area contributed by atoms with Crippen LogP contribution in [-0.4, -0.2) is 42.0 Å². The van der Waals surface area contributed by atoms with Crippen LogP contribution in [0.15, 0.2) is 53.5 Å². The van der Waals surface area contributed by atoms with E-state index >= 15 is 0 Å². The van der Waals surface area contributed by atoms with Crippen LogP contribution in [0, 0.1) is 17.7 Å². The van der Waals surface area contributed by atoms with E-state index in [-0.39, 0.29) is 17.0 Å². The van der Waals surface area contributed by atoms with Gasteiger partial charge in [0, 0.05) is 35.8 Å². The summed E-state index contributed by atoms with van der Waals surface area (Å²) in [7, 11) is 0. The Balaban J connectivity index is 1.96. The van der Waals surface area contributed by atoms with Gasteiger partial charge in [-0.15, -0.1) is 0 Å². The van der Waals surface area contributed by atoms with Gasteiger partial charge in [-0.1, -0.05) is 30.3 Å². The predicted octanol–water partition coefficient (Wildman–Crippen LogP) is 4.85. The highest BCUT2D eigenvalue weighted by Crippen LogP contribution is 2.32. The second-order valence-electron chi connectivity index (χ2n) is 9.21. The van der Waals surface area contributed by atoms with Gasteiger partial charge in [-0.25, -0.2) is 9.38 Å². The molecule has 40 heavy (non-hydrogen) atoms. The number of rotatable bonds is 10. The Morgan fingerprint density at radius 2 is 1.62 bits per heavy atom. The molecule has 3 amide bonds. The third-order valence-corrected chi connectivity index (χ3v) is 6.23. The number of halogens is 7. The normalized spacial score (nSPS) is 17.1. The molecular weight excluding hydrogens is 549 g/mol. The van der Waals surface area contributed by atoms with E-state index in [4.69, 9.17) is 5.73 Å². The quantitative estimate of drug-likeness (QED) is 0.353. The number of hydrogen-bond donors (Lipinski definition) is 3. The zero-order valence-corrected chi connectivity index (χ0v) is 20.8. The molecule has 2 aromatic rings. The largest absolute Gasteiger partial charge is 0.389 e. The van der Waals surface area contributed by atoms with E-state index in [0.29, 0.717) is 5.56 Å². The van der Waals surface area contributed by atoms with Crippen molar-refractivity contribution in [3.8, 4) is 0 Å². The molecule has 3 rings (SSSR count). The van der Waals surface area contributed by atoms with Gasteiger partial charge >= 0.3 is 12.4 Å². The minimum absolute atomic E-state index is 0.0795. The van der Waals surface area contributed by atoms with Crippen LogP contribution in [0.4, 0.5) is 36.4 Å². The summed E-state index contributed by atoms with van der Waals surface area (Å²) in [6.45, 7) is 0. The average molecular weight is 574 g/mol. The monoisotopic (exact) mass is 574 g/mol. The van der Waals surface area contributed by atoms with E-state index < -0.39 is 86.0 Å². The van der Waals surface area contributed by atoms with E-state index in [0.717, 1.165) is 6.07 Å². The zero-order valence-electron chi connectivity index (χ0n) is 20.8. The Kier molecular flexibility index (Phi) is 9.53. The number of nitrogens with zero attached hydrogens (tertiary/aromatic N) is 1. The number of benzodiazepines with no additional fused rings is 1. The van der Waals surface area contributed by atoms with Gasteiger partial charge in [0.2, 0.25) is 18.0 Å². The molecule has 0 unspecified atom stereocenters. The van der Waals surface area contributed by atoms with Crippen molar-refractivity contribution >= 4 is 29.1 Å². The minimum Gasteiger partial charge on any atom is -0.369 e. The summed E-state index contributed by atoms with van der Waals surface area (Å²) in [4.78, 5) is 42.6. The van der Waals surface area contributed by atoms with Crippen LogP contribution in [0.5, 0.6) is 0 Å². The molecular formula is C26H25F7N4O3. The van der Waals surface area contributed by atoms with Crippen molar-refractivity contribution in [3.05, 3.63) is 65.5 Å². The third-order valence-electron chi connectivity index (χ3n) is 6.23. The molecule has 1 heterocycles. The highest BCUT2D eigenvalue weighted by Gasteiger charge is 2.39. The molecule has 0 bridgehead atoms. The molecule has 7 nitrogen and oxygen atoms in total. The summed E-state index contributed by atoms with van der Waals surface area (Å²) in [5.41, 5.74) is 6.19. The summed E-state index contributed by atoms with van der Waals surface area (Å²) in [6, 6.07) is 11.5. The van der Waals surface area contributed by atoms with Crippen molar-refractivity contribution in [1.29, 1.82) is 0 Å². The molecule has 1 aliphatic rings. The number of benzene rings is 2. The van der Waals surface area contributed by atoms with Gasteiger partial charge in [0.25, 0.3) is 5.91 Å². The summed E-state index contributed by atoms with van der Waals surface area (Å²) in [5, 5.41) is 4.78. The highest BCUT2D eigenvalue weighted by molar-refractivity contribution is 6.19. The number of amides is 3. The van der Waals surface area contributed by atoms with Crippen LogP contribution in [-0.2, 0) is 14.4 Å². The highest BCUT2D eigenvalue weighted by atomic mass is 19.4. The van der Waals surface area contributed by atoms with Crippen molar-refractivity contribution in [2.24, 2.45) is 22.6 Å². The Morgan fingerprint density at radius 3 is 2.25 bits per heavy atom. The lowest BCUT2D eigenvalue weighted by atomic mass is 9.83. The fourth-order valence-corrected chi connectivity index (χ4v) is 4.36. The Bertz CT molecular complexity index is 1280. The number of aliphatic imine (C=N–C) groups is 1. The van der Waals surface area contributed by atoms with E-state index in [1.165, 1.54) is 24.3 Å². The minimum atomic E-state index is -4.72. The molecule has 0 aliphatic carbocycles. The maximum Gasteiger partial charge on any atom is 0.389 e. The molecule has 3 atom stereocenters. The number of carbonyl (C=O) groups is 3. The molecule has 0 saturated carbocycles. The number of nitrogens with one attached hydrogen (secondary N) is 2. The smallest absolute Gasteiger partial charge is 0.369 e. The van der Waals surface area contributed by atoms with Crippen molar-refractivity contribution in [3.63, 3.8) is 0 Å². The molecule has 1 aliphatic heterocycles. The number of primary amides is 1. The Morgan fingerprint density at radius 1 is 0.950 bits per heavy atom. The number of hydrogen-bond acceptors (Lipinski definition) is 4. The van der Waals surface area contributed by atoms with Gasteiger partial charge in [0.05, 0.1) is 11.4 Å². The van der Waals surface area contributed by atoms with Gasteiger partial charge < -0.3 is 16.4 Å². The second kappa shape index (κ2) is 12.5. The number of nitrogens with two attached hydrogens (primary N) is 1. The number of anilines is 1. The van der Waals surface area contributed by atoms with Crippen molar-refractivity contribution in [2.45, 2.75) is 50.6 Å². The van der Waals surface area contributed by atoms with Gasteiger partial charge in [-0.3, -0.25) is 14.4 Å². The molecule has 0 spiro atoms. The lowest BCUT2D eigenvalue weighted by Crippen LogP contribution is -2.48. The van der Waals surface area contributed by atoms with Crippen LogP contribution < -0.4 is 16.4 Å². The van der Waals surface area contributed by atoms with Crippen LogP contribution in [0.2, 0.25) is 0 Å². The van der Waals surface area contributed by atoms with Gasteiger partial charge in [-0.05, 0) is 37.5 Å². The maximum absolute atomic E-state index is 14.0. The molecule has 0 saturated heterocycles. The predicted molar refractivity (Wildman–Crippen MR) is 130 cm³/mol. The van der Waals surface area contributed by atoms with Crippen LogP contribution in [0.25, 0.3) is 0 Å². The van der Waals surface area contributed by atoms with Crippen molar-refractivity contribution in [1.82, 2.24) is 5.32 Å². The number of para-hydroxylation sites is 1. The zero-order chi connectivity index (χ0) is 29.7. The standard InChI is InChI=1S/C26H25F7N4O3/c27-15-6-3-5-14(13-15)20-18-7-1-2-9-19(18)35-24(40)22(36-20)37-23(39)17(8-4-11-25(28,29)30)16(21(34)38)10-12-26(31,32)33/h1-3,5-7,9,13,16-17,22H,4,8,10-12H2,(H2,34,38)(H,35,40)(H,37,39)/t16-,17+,22+/m0/s1. The summed E-state index contributed by atoms with van der Waals surface area (Å²) in [5.74, 6) is -7.48. The molecule has 0 radical (unpaired) electrons. The molecule has 14 heteroatoms. The first-order valence-corrected chi connectivity index (χ1v) is 12.1. The first-order chi connectivity index (χ1) is 18.6. The van der Waals surface area contributed by atoms with E-state index in [1.807, 2.05) is 0 Å². The number of fused-ring (bicyclic) bond motifs is 1. The number of alkyl halides is 6. The Labute approximate surface area is 224 Å². The van der Waals surface area contributed by atoms with Crippen molar-refractivity contribution < 1.29 is 45.1 Å². The summed E-state index contributed by atoms with van der Waals surface area (Å²) < 4.78 is 91.0. The summed E-state index contributed by atoms with van der Waals surface area (Å²) in [6.07, 6.45) is -16.2. The Hall–Kier alpha value is -3.97. The number of carbonyl (C=O) groups excluding carboxylic acids is 3. The fraction of sp³-hybridized carbons (Fsp3) is 0.385. The lowest BCUT2D eigenvalue weighted by molar-refractivity contribution is -0.147. The first kappa shape index (κ1) is 30.6. The van der Waals surface area contributed by atoms with E-state index in [9.17, 15) is 45.1 Å². The van der Waals surface area contributed by atoms with Gasteiger partial charge in [-0.2, -0.15) is 26.3 Å². The third kappa shape index (κ3) is 8.52. The van der Waals surface area contributed by atoms with E-state index in [1.54, 1.807) is 18.2 Å². The maximum atomic E-state index is 14.0.